The van der Waals surface area contributed by atoms with Gasteiger partial charge in [0.1, 0.15) is 0 Å². The van der Waals surface area contributed by atoms with Crippen LogP contribution in [0.25, 0.3) is 0 Å². The summed E-state index contributed by atoms with van der Waals surface area (Å²) in [5.41, 5.74) is 0.259. The molecule has 0 aliphatic carbocycles. The number of rotatable bonds is 4. The molecule has 0 spiro atoms. The molecule has 0 fully saturated rings. The molecule has 0 bridgehead atoms. The van der Waals surface area contributed by atoms with E-state index in [1.54, 1.807) is 0 Å². The van der Waals surface area contributed by atoms with Crippen LogP contribution < -0.4 is 20.4 Å². The zero-order valence-corrected chi connectivity index (χ0v) is 15.0. The van der Waals surface area contributed by atoms with Crippen molar-refractivity contribution in [3.8, 4) is 0 Å². The van der Waals surface area contributed by atoms with Crippen molar-refractivity contribution in [2.45, 2.75) is 27.7 Å². The zero-order chi connectivity index (χ0) is 20.6. The van der Waals surface area contributed by atoms with Gasteiger partial charge in [0.2, 0.25) is 0 Å². The van der Waals surface area contributed by atoms with E-state index in [0.717, 1.165) is 0 Å². The molecular formula is C17H21FO8. The number of carboxylic acid groups (broad SMARTS) is 4. The summed E-state index contributed by atoms with van der Waals surface area (Å²) >= 11 is 0. The number of carbonyl (C=O) groups is 4. The van der Waals surface area contributed by atoms with Crippen LogP contribution in [0.5, 0.6) is 0 Å². The molecule has 9 heteroatoms. The number of carbonyl (C=O) groups excluding carboxylic acids is 4. The normalized spacial score (nSPS) is 6.92. The van der Waals surface area contributed by atoms with E-state index < -0.39 is 23.9 Å². The Hall–Kier alpha value is -3.23. The quantitative estimate of drug-likeness (QED) is 0.489. The Labute approximate surface area is 152 Å². The van der Waals surface area contributed by atoms with Crippen LogP contribution in [-0.2, 0) is 19.2 Å². The van der Waals surface area contributed by atoms with Crippen LogP contribution >= 0.6 is 0 Å². The summed E-state index contributed by atoms with van der Waals surface area (Å²) < 4.78 is 0. The molecule has 0 aromatic carbocycles. The minimum Gasteiger partial charge on any atom is -0.545 e. The number of aliphatic carboxylic acids is 4. The van der Waals surface area contributed by atoms with E-state index in [4.69, 9.17) is 0 Å². The third kappa shape index (κ3) is 49.8. The van der Waals surface area contributed by atoms with Gasteiger partial charge in [-0.1, -0.05) is 26.3 Å². The van der Waals surface area contributed by atoms with Crippen LogP contribution in [0.3, 0.4) is 0 Å². The first kappa shape index (κ1) is 38.4. The van der Waals surface area contributed by atoms with Crippen molar-refractivity contribution < 1.29 is 44.3 Å². The Bertz CT molecular complexity index is 389. The second-order valence-electron chi connectivity index (χ2n) is 4.27. The van der Waals surface area contributed by atoms with E-state index in [0.29, 0.717) is 0 Å². The van der Waals surface area contributed by atoms with E-state index in [2.05, 4.69) is 26.3 Å². The number of carboxylic acids is 4. The maximum atomic E-state index is 9.49. The molecule has 0 saturated carbocycles. The van der Waals surface area contributed by atoms with Gasteiger partial charge in [0.25, 0.3) is 0 Å². The molecule has 0 unspecified atom stereocenters. The third-order valence-corrected chi connectivity index (χ3v) is 1.39. The number of halogens is 1. The van der Waals surface area contributed by atoms with Gasteiger partial charge in [0.05, 0.1) is 23.9 Å². The molecule has 0 amide bonds. The van der Waals surface area contributed by atoms with Crippen LogP contribution in [-0.4, -0.2) is 23.9 Å². The SMILES string of the molecule is C=C(C)C(=O)[O-].C=C(C)C(=O)[O-].C=C(C)C(=O)[O-].C=C(C)C(=O)[O-].F.[C+4]. The fourth-order valence-corrected chi connectivity index (χ4v) is 0. The fraction of sp³-hybridized carbons (Fsp3) is 0.235. The van der Waals surface area contributed by atoms with Gasteiger partial charge in [-0.05, 0) is 50.0 Å². The maximum absolute atomic E-state index is 9.49. The molecule has 0 rings (SSSR count). The topological polar surface area (TPSA) is 161 Å². The van der Waals surface area contributed by atoms with E-state index in [1.807, 2.05) is 0 Å². The van der Waals surface area contributed by atoms with E-state index in [9.17, 15) is 39.6 Å². The molecule has 0 aliphatic rings. The maximum Gasteiger partial charge on any atom is 4.00 e. The first-order chi connectivity index (χ1) is 10.6. The summed E-state index contributed by atoms with van der Waals surface area (Å²) in [7, 11) is 0. The minimum absolute atomic E-state index is 0. The van der Waals surface area contributed by atoms with Crippen molar-refractivity contribution in [1.29, 1.82) is 0 Å². The Morgan fingerprint density at radius 1 is 0.500 bits per heavy atom. The van der Waals surface area contributed by atoms with E-state index >= 15 is 0 Å². The Kier molecular flexibility index (Phi) is 32.1. The van der Waals surface area contributed by atoms with Gasteiger partial charge in [-0.2, -0.15) is 0 Å². The monoisotopic (exact) mass is 372 g/mol. The first-order valence-corrected chi connectivity index (χ1v) is 6.05. The van der Waals surface area contributed by atoms with Gasteiger partial charge in [-0.25, -0.2) is 0 Å². The van der Waals surface area contributed by atoms with Crippen LogP contribution in [0, 0.1) is 7.43 Å². The molecule has 0 N–H and O–H groups in total. The van der Waals surface area contributed by atoms with Crippen LogP contribution in [0.4, 0.5) is 4.70 Å². The van der Waals surface area contributed by atoms with Gasteiger partial charge in [0, 0.05) is 0 Å². The van der Waals surface area contributed by atoms with Crippen molar-refractivity contribution in [1.82, 2.24) is 0 Å². The molecule has 0 radical (unpaired) electrons. The van der Waals surface area contributed by atoms with Crippen LogP contribution in [0.2, 0.25) is 0 Å². The molecule has 0 saturated heterocycles. The molecule has 8 nitrogen and oxygen atoms in total. The first-order valence-electron chi connectivity index (χ1n) is 6.05. The summed E-state index contributed by atoms with van der Waals surface area (Å²) in [6.45, 7) is 17.9. The van der Waals surface area contributed by atoms with Crippen molar-refractivity contribution in [3.63, 3.8) is 0 Å². The predicted molar refractivity (Wildman–Crippen MR) is 85.0 cm³/mol. The second-order valence-corrected chi connectivity index (χ2v) is 4.27. The fourth-order valence-electron chi connectivity index (χ4n) is 0. The third-order valence-electron chi connectivity index (χ3n) is 1.39. The molecule has 26 heavy (non-hydrogen) atoms. The molecular weight excluding hydrogens is 351 g/mol. The van der Waals surface area contributed by atoms with Crippen molar-refractivity contribution in [2.24, 2.45) is 0 Å². The summed E-state index contributed by atoms with van der Waals surface area (Å²) in [6, 6.07) is 0. The molecule has 0 aromatic rings. The van der Waals surface area contributed by atoms with Crippen molar-refractivity contribution >= 4 is 23.9 Å². The smallest absolute Gasteiger partial charge is 0.545 e. The van der Waals surface area contributed by atoms with Gasteiger partial charge in [-0.15, -0.1) is 0 Å². The van der Waals surface area contributed by atoms with Gasteiger partial charge in [-0.3, -0.25) is 4.70 Å². The number of hydrogen-bond donors (Lipinski definition) is 0. The summed E-state index contributed by atoms with van der Waals surface area (Å²) in [6.07, 6.45) is 0. The molecule has 0 heterocycles. The van der Waals surface area contributed by atoms with Crippen LogP contribution in [0.1, 0.15) is 27.7 Å². The van der Waals surface area contributed by atoms with Crippen LogP contribution in [0.15, 0.2) is 48.6 Å². The molecule has 0 aliphatic heterocycles. The molecule has 144 valence electrons. The van der Waals surface area contributed by atoms with Gasteiger partial charge in [0.15, 0.2) is 0 Å². The molecule has 0 aromatic heterocycles. The van der Waals surface area contributed by atoms with Crippen molar-refractivity contribution in [2.75, 3.05) is 0 Å². The van der Waals surface area contributed by atoms with Gasteiger partial charge >= 0.3 is 7.43 Å². The van der Waals surface area contributed by atoms with E-state index in [-0.39, 0.29) is 34.4 Å². The summed E-state index contributed by atoms with van der Waals surface area (Å²) in [5, 5.41) is 38.0. The zero-order valence-electron chi connectivity index (χ0n) is 15.0. The standard InChI is InChI=1S/4C4H6O2.C.FH/c4*1-3(2)4(5)6;;/h4*1H2,2H3,(H,5,6);;1H/q;;;;+4;/p-4. The summed E-state index contributed by atoms with van der Waals surface area (Å²) in [5.74, 6) is -4.74. The largest absolute Gasteiger partial charge is 4.00 e. The average Bonchev–Trinajstić information content (AvgIpc) is 2.40. The average molecular weight is 372 g/mol. The Morgan fingerprint density at radius 2 is 0.538 bits per heavy atom. The Balaban J connectivity index is -0.0000000500. The molecule has 0 atom stereocenters. The Morgan fingerprint density at radius 3 is 0.538 bits per heavy atom. The predicted octanol–water partition coefficient (Wildman–Crippen LogP) is -2.52. The second kappa shape index (κ2) is 21.8. The van der Waals surface area contributed by atoms with Gasteiger partial charge < -0.3 is 39.6 Å². The minimum atomic E-state index is -1.19. The van der Waals surface area contributed by atoms with E-state index in [1.165, 1.54) is 27.7 Å². The summed E-state index contributed by atoms with van der Waals surface area (Å²) in [4.78, 5) is 38.0. The van der Waals surface area contributed by atoms with Crippen molar-refractivity contribution in [3.05, 3.63) is 56.0 Å². The number of hydrogen-bond acceptors (Lipinski definition) is 8.